The van der Waals surface area contributed by atoms with E-state index in [1.165, 1.54) is 6.26 Å². The van der Waals surface area contributed by atoms with Crippen LogP contribution in [-0.4, -0.2) is 29.2 Å². The van der Waals surface area contributed by atoms with E-state index < -0.39 is 5.41 Å². The molecule has 6 nitrogen and oxygen atoms in total. The Bertz CT molecular complexity index is 650. The molecule has 2 fully saturated rings. The van der Waals surface area contributed by atoms with Gasteiger partial charge in [-0.05, 0) is 30.4 Å². The highest BCUT2D eigenvalue weighted by Crippen LogP contribution is 2.59. The normalized spacial score (nSPS) is 29.0. The lowest BCUT2D eigenvalue weighted by molar-refractivity contribution is -0.169. The molecule has 124 valence electrons. The van der Waals surface area contributed by atoms with Crippen LogP contribution < -0.4 is 5.32 Å². The van der Waals surface area contributed by atoms with Crippen molar-refractivity contribution in [3.63, 3.8) is 0 Å². The summed E-state index contributed by atoms with van der Waals surface area (Å²) in [6.07, 6.45) is 2.93. The fraction of sp³-hybridized carbons (Fsp3) is 0.588. The Balaban J connectivity index is 1.70. The average Bonchev–Trinajstić information content (AvgIpc) is 3.06. The third kappa shape index (κ3) is 2.28. The van der Waals surface area contributed by atoms with Gasteiger partial charge in [0.1, 0.15) is 12.3 Å². The van der Waals surface area contributed by atoms with Crippen LogP contribution in [0, 0.1) is 16.7 Å². The number of fused-ring (bicyclic) bond motifs is 2. The number of furan rings is 1. The molecule has 3 amide bonds. The molecule has 1 aliphatic carbocycles. The van der Waals surface area contributed by atoms with Crippen LogP contribution in [0.25, 0.3) is 0 Å². The predicted molar refractivity (Wildman–Crippen MR) is 81.9 cm³/mol. The van der Waals surface area contributed by atoms with Crippen LogP contribution in [0.15, 0.2) is 22.8 Å². The van der Waals surface area contributed by atoms with Gasteiger partial charge in [-0.1, -0.05) is 20.8 Å². The summed E-state index contributed by atoms with van der Waals surface area (Å²) in [6.45, 7) is 5.90. The smallest absolute Gasteiger partial charge is 0.240 e. The van der Waals surface area contributed by atoms with Crippen molar-refractivity contribution in [2.75, 3.05) is 6.54 Å². The maximum absolute atomic E-state index is 12.8. The Morgan fingerprint density at radius 2 is 2.13 bits per heavy atom. The van der Waals surface area contributed by atoms with E-state index in [9.17, 15) is 14.4 Å². The van der Waals surface area contributed by atoms with Crippen molar-refractivity contribution in [3.05, 3.63) is 24.2 Å². The molecule has 1 saturated carbocycles. The third-order valence-corrected chi connectivity index (χ3v) is 5.85. The maximum atomic E-state index is 12.8. The molecule has 2 aliphatic rings. The molecule has 0 spiro atoms. The second kappa shape index (κ2) is 5.22. The van der Waals surface area contributed by atoms with Crippen LogP contribution in [0.5, 0.6) is 0 Å². The highest BCUT2D eigenvalue weighted by atomic mass is 16.3. The van der Waals surface area contributed by atoms with Crippen LogP contribution in [-0.2, 0) is 20.9 Å². The number of carbonyl (C=O) groups is 3. The summed E-state index contributed by atoms with van der Waals surface area (Å²) >= 11 is 0. The van der Waals surface area contributed by atoms with Crippen molar-refractivity contribution >= 4 is 17.7 Å². The highest BCUT2D eigenvalue weighted by molar-refractivity contribution is 6.06. The van der Waals surface area contributed by atoms with Crippen LogP contribution in [0.2, 0.25) is 0 Å². The van der Waals surface area contributed by atoms with Gasteiger partial charge in [-0.25, -0.2) is 0 Å². The lowest BCUT2D eigenvalue weighted by atomic mass is 9.62. The molecular weight excluding hydrogens is 296 g/mol. The Morgan fingerprint density at radius 3 is 2.78 bits per heavy atom. The fourth-order valence-electron chi connectivity index (χ4n) is 3.85. The number of hydrogen-bond acceptors (Lipinski definition) is 4. The Kier molecular flexibility index (Phi) is 3.58. The molecule has 2 atom stereocenters. The first-order valence-electron chi connectivity index (χ1n) is 7.92. The van der Waals surface area contributed by atoms with E-state index in [2.05, 4.69) is 5.32 Å². The second-order valence-corrected chi connectivity index (χ2v) is 7.23. The first-order valence-corrected chi connectivity index (χ1v) is 7.92. The summed E-state index contributed by atoms with van der Waals surface area (Å²) < 4.78 is 5.14. The third-order valence-electron chi connectivity index (χ3n) is 5.85. The summed E-state index contributed by atoms with van der Waals surface area (Å²) in [5, 5.41) is 2.68. The quantitative estimate of drug-likeness (QED) is 0.857. The average molecular weight is 318 g/mol. The molecule has 1 N–H and O–H groups in total. The van der Waals surface area contributed by atoms with Gasteiger partial charge in [0.15, 0.2) is 0 Å². The second-order valence-electron chi connectivity index (χ2n) is 7.23. The van der Waals surface area contributed by atoms with Crippen molar-refractivity contribution in [3.8, 4) is 0 Å². The zero-order valence-corrected chi connectivity index (χ0v) is 13.7. The standard InChI is InChI=1S/C17H22N2O4/c1-16(2)12-6-7-17(16,3)15(22)19(14(12)21)10-13(20)18-9-11-5-4-8-23-11/h4-5,8,12H,6-7,9-10H2,1-3H3,(H,18,20). The van der Waals surface area contributed by atoms with Crippen LogP contribution in [0.3, 0.4) is 0 Å². The van der Waals surface area contributed by atoms with Gasteiger partial charge in [0.2, 0.25) is 17.7 Å². The number of rotatable bonds is 4. The van der Waals surface area contributed by atoms with Crippen molar-refractivity contribution in [1.82, 2.24) is 10.2 Å². The lowest BCUT2D eigenvalue weighted by Gasteiger charge is -2.47. The summed E-state index contributed by atoms with van der Waals surface area (Å²) in [5.41, 5.74) is -0.935. The number of nitrogens with one attached hydrogen (secondary N) is 1. The summed E-state index contributed by atoms with van der Waals surface area (Å²) in [4.78, 5) is 38.7. The zero-order valence-electron chi connectivity index (χ0n) is 13.7. The van der Waals surface area contributed by atoms with Gasteiger partial charge in [0.25, 0.3) is 0 Å². The Morgan fingerprint density at radius 1 is 1.39 bits per heavy atom. The van der Waals surface area contributed by atoms with Crippen molar-refractivity contribution in [2.45, 2.75) is 40.2 Å². The monoisotopic (exact) mass is 318 g/mol. The number of hydrogen-bond donors (Lipinski definition) is 1. The van der Waals surface area contributed by atoms with Gasteiger partial charge in [-0.3, -0.25) is 19.3 Å². The molecule has 1 saturated heterocycles. The van der Waals surface area contributed by atoms with Crippen molar-refractivity contribution in [2.24, 2.45) is 16.7 Å². The minimum Gasteiger partial charge on any atom is -0.467 e. The molecule has 0 radical (unpaired) electrons. The maximum Gasteiger partial charge on any atom is 0.240 e. The minimum atomic E-state index is -0.577. The van der Waals surface area contributed by atoms with E-state index in [0.29, 0.717) is 18.6 Å². The van der Waals surface area contributed by atoms with E-state index in [-0.39, 0.29) is 42.1 Å². The summed E-state index contributed by atoms with van der Waals surface area (Å²) in [7, 11) is 0. The van der Waals surface area contributed by atoms with Gasteiger partial charge in [0.05, 0.1) is 18.2 Å². The first-order chi connectivity index (χ1) is 10.8. The first kappa shape index (κ1) is 15.8. The van der Waals surface area contributed by atoms with Gasteiger partial charge in [-0.2, -0.15) is 0 Å². The molecule has 1 aromatic rings. The van der Waals surface area contributed by atoms with E-state index in [1.54, 1.807) is 12.1 Å². The van der Waals surface area contributed by atoms with Crippen molar-refractivity contribution < 1.29 is 18.8 Å². The number of carbonyl (C=O) groups excluding carboxylic acids is 3. The van der Waals surface area contributed by atoms with Crippen molar-refractivity contribution in [1.29, 1.82) is 0 Å². The molecule has 1 aliphatic heterocycles. The Labute approximate surface area is 135 Å². The van der Waals surface area contributed by atoms with Gasteiger partial charge in [0, 0.05) is 5.92 Å². The summed E-state index contributed by atoms with van der Waals surface area (Å²) in [5.74, 6) is -0.366. The van der Waals surface area contributed by atoms with E-state index in [4.69, 9.17) is 4.42 Å². The molecule has 3 rings (SSSR count). The molecule has 2 heterocycles. The topological polar surface area (TPSA) is 79.6 Å². The number of likely N-dealkylation sites (tertiary alicyclic amines) is 1. The molecule has 2 bridgehead atoms. The SMILES string of the molecule is CC12CCC(C(=O)N(CC(=O)NCc3ccco3)C1=O)C2(C)C. The summed E-state index contributed by atoms with van der Waals surface area (Å²) in [6, 6.07) is 3.49. The number of piperidine rings is 1. The van der Waals surface area contributed by atoms with Gasteiger partial charge in [-0.15, -0.1) is 0 Å². The lowest BCUT2D eigenvalue weighted by Crippen LogP contribution is -2.60. The number of imide groups is 1. The molecule has 1 aromatic heterocycles. The largest absolute Gasteiger partial charge is 0.467 e. The van der Waals surface area contributed by atoms with E-state index in [0.717, 1.165) is 4.90 Å². The minimum absolute atomic E-state index is 0.192. The Hall–Kier alpha value is -2.11. The fourth-order valence-corrected chi connectivity index (χ4v) is 3.85. The highest BCUT2D eigenvalue weighted by Gasteiger charge is 2.64. The van der Waals surface area contributed by atoms with Crippen LogP contribution >= 0.6 is 0 Å². The number of nitrogens with zero attached hydrogens (tertiary/aromatic N) is 1. The molecule has 6 heteroatoms. The molecule has 2 unspecified atom stereocenters. The predicted octanol–water partition coefficient (Wildman–Crippen LogP) is 1.71. The molecule has 0 aromatic carbocycles. The van der Waals surface area contributed by atoms with Crippen LogP contribution in [0.4, 0.5) is 0 Å². The molecule has 23 heavy (non-hydrogen) atoms. The van der Waals surface area contributed by atoms with E-state index >= 15 is 0 Å². The van der Waals surface area contributed by atoms with E-state index in [1.807, 2.05) is 20.8 Å². The van der Waals surface area contributed by atoms with Crippen LogP contribution in [0.1, 0.15) is 39.4 Å². The van der Waals surface area contributed by atoms with Gasteiger partial charge < -0.3 is 9.73 Å². The van der Waals surface area contributed by atoms with Gasteiger partial charge >= 0.3 is 0 Å². The number of amides is 3. The molecular formula is C17H22N2O4. The zero-order chi connectivity index (χ0) is 16.8.